The second-order valence-electron chi connectivity index (χ2n) is 4.96. The van der Waals surface area contributed by atoms with Gasteiger partial charge in [-0.25, -0.2) is 0 Å². The lowest BCUT2D eigenvalue weighted by Crippen LogP contribution is -2.35. The molecule has 4 heteroatoms. The first-order valence-corrected chi connectivity index (χ1v) is 7.27. The van der Waals surface area contributed by atoms with E-state index in [9.17, 15) is 9.90 Å². The third-order valence-corrected chi connectivity index (χ3v) is 4.29. The summed E-state index contributed by atoms with van der Waals surface area (Å²) in [7, 11) is 0. The number of carbonyl (C=O) groups is 1. The topological polar surface area (TPSA) is 49.3 Å². The summed E-state index contributed by atoms with van der Waals surface area (Å²) in [5, 5.41) is 12.4. The van der Waals surface area contributed by atoms with Gasteiger partial charge in [0.1, 0.15) is 5.75 Å². The van der Waals surface area contributed by atoms with Gasteiger partial charge in [0.2, 0.25) is 5.91 Å². The number of fused-ring (bicyclic) bond motifs is 1. The first-order chi connectivity index (χ1) is 9.65. The van der Waals surface area contributed by atoms with Crippen molar-refractivity contribution < 1.29 is 9.90 Å². The Balaban J connectivity index is 1.62. The molecule has 3 rings (SSSR count). The third kappa shape index (κ3) is 2.43. The minimum absolute atomic E-state index is 0.0215. The summed E-state index contributed by atoms with van der Waals surface area (Å²) in [5.41, 5.74) is 3.35. The van der Waals surface area contributed by atoms with Gasteiger partial charge in [0.25, 0.3) is 0 Å². The van der Waals surface area contributed by atoms with Crippen molar-refractivity contribution in [3.8, 4) is 5.75 Å². The zero-order chi connectivity index (χ0) is 14.1. The summed E-state index contributed by atoms with van der Waals surface area (Å²) in [4.78, 5) is 12.1. The van der Waals surface area contributed by atoms with Crippen LogP contribution in [0.1, 0.15) is 22.6 Å². The Morgan fingerprint density at radius 3 is 2.85 bits per heavy atom. The number of aromatic hydroxyl groups is 1. The number of hydrogen-bond acceptors (Lipinski definition) is 2. The first-order valence-electron chi connectivity index (χ1n) is 6.48. The number of phenolic OH excluding ortho intramolecular Hbond substituents is 1. The molecule has 1 aliphatic carbocycles. The maximum atomic E-state index is 12.1. The second kappa shape index (κ2) is 5.29. The zero-order valence-corrected chi connectivity index (χ0v) is 12.4. The van der Waals surface area contributed by atoms with E-state index in [-0.39, 0.29) is 17.6 Å². The van der Waals surface area contributed by atoms with Crippen LogP contribution >= 0.6 is 15.9 Å². The van der Waals surface area contributed by atoms with Crippen LogP contribution in [0.25, 0.3) is 0 Å². The van der Waals surface area contributed by atoms with Crippen LogP contribution in [0.2, 0.25) is 0 Å². The van der Waals surface area contributed by atoms with Crippen molar-refractivity contribution >= 4 is 21.8 Å². The summed E-state index contributed by atoms with van der Waals surface area (Å²) in [6, 6.07) is 13.3. The van der Waals surface area contributed by atoms with Crippen LogP contribution in [0.4, 0.5) is 0 Å². The highest BCUT2D eigenvalue weighted by Crippen LogP contribution is 2.34. The molecule has 0 bridgehead atoms. The molecular formula is C16H14BrNO2. The zero-order valence-electron chi connectivity index (χ0n) is 10.8. The molecule has 3 nitrogen and oxygen atoms in total. The van der Waals surface area contributed by atoms with Crippen LogP contribution in [-0.2, 0) is 17.8 Å². The number of rotatable bonds is 3. The molecule has 20 heavy (non-hydrogen) atoms. The van der Waals surface area contributed by atoms with Crippen molar-refractivity contribution in [1.29, 1.82) is 0 Å². The molecule has 2 aromatic carbocycles. The number of amides is 1. The molecule has 0 spiro atoms. The van der Waals surface area contributed by atoms with E-state index >= 15 is 0 Å². The molecule has 1 atom stereocenters. The van der Waals surface area contributed by atoms with Crippen LogP contribution in [-0.4, -0.2) is 11.0 Å². The Morgan fingerprint density at radius 1 is 1.30 bits per heavy atom. The molecule has 0 fully saturated rings. The Hall–Kier alpha value is -1.81. The van der Waals surface area contributed by atoms with Crippen LogP contribution in [0.15, 0.2) is 46.9 Å². The molecule has 0 aromatic heterocycles. The van der Waals surface area contributed by atoms with Gasteiger partial charge in [0.15, 0.2) is 0 Å². The molecular weight excluding hydrogens is 318 g/mol. The average Bonchev–Trinajstić information content (AvgIpc) is 2.41. The molecule has 0 saturated heterocycles. The molecule has 2 N–H and O–H groups in total. The lowest BCUT2D eigenvalue weighted by atomic mass is 9.77. The minimum Gasteiger partial charge on any atom is -0.507 e. The minimum atomic E-state index is -0.0215. The van der Waals surface area contributed by atoms with Gasteiger partial charge in [-0.3, -0.25) is 4.79 Å². The fraction of sp³-hybridized carbons (Fsp3) is 0.188. The number of hydrogen-bond donors (Lipinski definition) is 2. The Bertz CT molecular complexity index is 669. The molecule has 1 aliphatic rings. The van der Waals surface area contributed by atoms with E-state index in [1.807, 2.05) is 24.3 Å². The Morgan fingerprint density at radius 2 is 2.10 bits per heavy atom. The predicted molar refractivity (Wildman–Crippen MR) is 80.5 cm³/mol. The number of carbonyl (C=O) groups excluding carboxylic acids is 1. The number of phenols is 1. The quantitative estimate of drug-likeness (QED) is 0.907. The van der Waals surface area contributed by atoms with Crippen LogP contribution in [0.5, 0.6) is 5.75 Å². The van der Waals surface area contributed by atoms with E-state index in [0.717, 1.165) is 17.5 Å². The highest BCUT2D eigenvalue weighted by atomic mass is 79.9. The number of nitrogens with one attached hydrogen (secondary N) is 1. The number of benzene rings is 2. The van der Waals surface area contributed by atoms with E-state index in [4.69, 9.17) is 0 Å². The summed E-state index contributed by atoms with van der Waals surface area (Å²) in [5.74, 6) is 0.243. The van der Waals surface area contributed by atoms with Gasteiger partial charge in [-0.05, 0) is 51.2 Å². The van der Waals surface area contributed by atoms with Gasteiger partial charge < -0.3 is 10.4 Å². The lowest BCUT2D eigenvalue weighted by Gasteiger charge is -2.28. The molecule has 0 radical (unpaired) electrons. The van der Waals surface area contributed by atoms with Crippen LogP contribution in [0, 0.1) is 0 Å². The normalized spacial score (nSPS) is 16.1. The van der Waals surface area contributed by atoms with Crippen molar-refractivity contribution in [2.45, 2.75) is 18.9 Å². The maximum Gasteiger partial charge on any atom is 0.228 e. The van der Waals surface area contributed by atoms with Gasteiger partial charge in [-0.2, -0.15) is 0 Å². The fourth-order valence-corrected chi connectivity index (χ4v) is 2.89. The predicted octanol–water partition coefficient (Wildman–Crippen LogP) is 3.11. The first kappa shape index (κ1) is 13.2. The van der Waals surface area contributed by atoms with Crippen molar-refractivity contribution in [3.05, 3.63) is 63.6 Å². The monoisotopic (exact) mass is 331 g/mol. The second-order valence-corrected chi connectivity index (χ2v) is 5.81. The summed E-state index contributed by atoms with van der Waals surface area (Å²) in [6.07, 6.45) is 0.821. The molecule has 1 unspecified atom stereocenters. The standard InChI is InChI=1S/C16H14BrNO2/c17-14-7-10(5-6-15(14)19)9-18-16(20)13-8-11-3-1-2-4-12(11)13/h1-7,13,19H,8-9H2,(H,18,20). The molecule has 102 valence electrons. The highest BCUT2D eigenvalue weighted by Gasteiger charge is 2.31. The third-order valence-electron chi connectivity index (χ3n) is 3.65. The van der Waals surface area contributed by atoms with Gasteiger partial charge in [0.05, 0.1) is 10.4 Å². The van der Waals surface area contributed by atoms with Gasteiger partial charge in [-0.15, -0.1) is 0 Å². The van der Waals surface area contributed by atoms with Crippen molar-refractivity contribution in [3.63, 3.8) is 0 Å². The summed E-state index contributed by atoms with van der Waals surface area (Å²) >= 11 is 3.27. The number of halogens is 1. The van der Waals surface area contributed by atoms with E-state index < -0.39 is 0 Å². The average molecular weight is 332 g/mol. The van der Waals surface area contributed by atoms with E-state index in [1.165, 1.54) is 5.56 Å². The van der Waals surface area contributed by atoms with Crippen LogP contribution in [0.3, 0.4) is 0 Å². The Kier molecular flexibility index (Phi) is 3.49. The van der Waals surface area contributed by atoms with E-state index in [0.29, 0.717) is 11.0 Å². The molecule has 0 aliphatic heterocycles. The molecule has 1 amide bonds. The highest BCUT2D eigenvalue weighted by molar-refractivity contribution is 9.10. The maximum absolute atomic E-state index is 12.1. The molecule has 0 saturated carbocycles. The van der Waals surface area contributed by atoms with Crippen molar-refractivity contribution in [2.24, 2.45) is 0 Å². The van der Waals surface area contributed by atoms with Crippen molar-refractivity contribution in [2.75, 3.05) is 0 Å². The molecule has 2 aromatic rings. The van der Waals surface area contributed by atoms with Gasteiger partial charge in [-0.1, -0.05) is 30.3 Å². The fourth-order valence-electron chi connectivity index (χ4n) is 2.47. The Labute approximate surface area is 125 Å². The SMILES string of the molecule is O=C(NCc1ccc(O)c(Br)c1)C1Cc2ccccc21. The lowest BCUT2D eigenvalue weighted by molar-refractivity contribution is -0.123. The van der Waals surface area contributed by atoms with E-state index in [2.05, 4.69) is 27.3 Å². The molecule has 0 heterocycles. The van der Waals surface area contributed by atoms with Gasteiger partial charge in [0, 0.05) is 6.54 Å². The summed E-state index contributed by atoms with van der Waals surface area (Å²) < 4.78 is 0.637. The summed E-state index contributed by atoms with van der Waals surface area (Å²) in [6.45, 7) is 0.469. The smallest absolute Gasteiger partial charge is 0.228 e. The van der Waals surface area contributed by atoms with Gasteiger partial charge >= 0.3 is 0 Å². The van der Waals surface area contributed by atoms with Crippen molar-refractivity contribution in [1.82, 2.24) is 5.32 Å². The van der Waals surface area contributed by atoms with E-state index in [1.54, 1.807) is 12.1 Å². The van der Waals surface area contributed by atoms with Crippen LogP contribution < -0.4 is 5.32 Å². The largest absolute Gasteiger partial charge is 0.507 e.